The van der Waals surface area contributed by atoms with Crippen LogP contribution >= 0.6 is 0 Å². The molecule has 0 radical (unpaired) electrons. The molecule has 0 aromatic heterocycles. The molecule has 0 aromatic rings. The van der Waals surface area contributed by atoms with Gasteiger partial charge in [0.15, 0.2) is 0 Å². The molecule has 4 aliphatic carbocycles. The van der Waals surface area contributed by atoms with Crippen molar-refractivity contribution in [3.8, 4) is 0 Å². The predicted molar refractivity (Wildman–Crippen MR) is 130 cm³/mol. The third kappa shape index (κ3) is 4.67. The normalized spacial score (nSPS) is 42.6. The molecule has 1 N–H and O–H groups in total. The van der Waals surface area contributed by atoms with Crippen molar-refractivity contribution < 1.29 is 8.42 Å². The average Bonchev–Trinajstić information content (AvgIpc) is 3.00. The molecule has 0 aliphatic heterocycles. The first-order valence-corrected chi connectivity index (χ1v) is 15.1. The zero-order valence-electron chi connectivity index (χ0n) is 20.8. The Hall–Kier alpha value is -0.350. The molecular formula is C27H47NO2S. The van der Waals surface area contributed by atoms with Crippen LogP contribution in [0.25, 0.3) is 0 Å². The molecule has 0 unspecified atom stereocenters. The van der Waals surface area contributed by atoms with Gasteiger partial charge in [0.05, 0.1) is 6.26 Å². The fourth-order valence-electron chi connectivity index (χ4n) is 8.59. The largest absolute Gasteiger partial charge is 0.213 e. The molecule has 3 fully saturated rings. The molecule has 0 saturated heterocycles. The molecule has 3 saturated carbocycles. The monoisotopic (exact) mass is 449 g/mol. The lowest BCUT2D eigenvalue weighted by Gasteiger charge is -2.58. The van der Waals surface area contributed by atoms with Crippen LogP contribution < -0.4 is 4.72 Å². The van der Waals surface area contributed by atoms with E-state index in [2.05, 4.69) is 38.5 Å². The topological polar surface area (TPSA) is 46.2 Å². The Kier molecular flexibility index (Phi) is 6.74. The fourth-order valence-corrected chi connectivity index (χ4v) is 9.40. The zero-order chi connectivity index (χ0) is 22.4. The Bertz CT molecular complexity index is 787. The van der Waals surface area contributed by atoms with Gasteiger partial charge in [0.1, 0.15) is 0 Å². The Morgan fingerprint density at radius 3 is 2.55 bits per heavy atom. The van der Waals surface area contributed by atoms with Gasteiger partial charge in [-0.15, -0.1) is 0 Å². The van der Waals surface area contributed by atoms with Crippen molar-refractivity contribution in [2.45, 2.75) is 111 Å². The van der Waals surface area contributed by atoms with E-state index in [1.807, 2.05) is 0 Å². The summed E-state index contributed by atoms with van der Waals surface area (Å²) in [7, 11) is -3.12. The van der Waals surface area contributed by atoms with E-state index in [9.17, 15) is 8.42 Å². The first kappa shape index (κ1) is 23.8. The summed E-state index contributed by atoms with van der Waals surface area (Å²) < 4.78 is 26.4. The smallest absolute Gasteiger partial charge is 0.208 e. The highest BCUT2D eigenvalue weighted by Gasteiger charge is 2.58. The van der Waals surface area contributed by atoms with Crippen LogP contribution in [0, 0.1) is 40.4 Å². The molecular weight excluding hydrogens is 402 g/mol. The molecule has 0 aromatic carbocycles. The first-order valence-electron chi connectivity index (χ1n) is 13.2. The summed E-state index contributed by atoms with van der Waals surface area (Å²) in [5.74, 6) is 4.35. The molecule has 4 aliphatic rings. The standard InChI is InChI=1S/C27H47NO2S/c1-19(2)8-6-7-9-20-11-13-24-23-12-10-21-18-22(28-31(5,29)30)14-16-27(21,4)25(23)15-17-26(20,24)3/h10,19-20,22-25,28H,6-9,11-18H2,1-5H3/t20-,22-,23-,24-,25-,26+,27-/m0/s1. The highest BCUT2D eigenvalue weighted by atomic mass is 32.2. The van der Waals surface area contributed by atoms with E-state index in [1.54, 1.807) is 5.57 Å². The molecule has 0 heterocycles. The third-order valence-electron chi connectivity index (χ3n) is 10.3. The van der Waals surface area contributed by atoms with Gasteiger partial charge in [0.25, 0.3) is 0 Å². The zero-order valence-corrected chi connectivity index (χ0v) is 21.6. The number of allylic oxidation sites excluding steroid dienone is 1. The number of fused-ring (bicyclic) bond motifs is 5. The highest BCUT2D eigenvalue weighted by Crippen LogP contribution is 2.66. The second-order valence-corrected chi connectivity index (χ2v) is 14.4. The van der Waals surface area contributed by atoms with Crippen molar-refractivity contribution >= 4 is 10.0 Å². The van der Waals surface area contributed by atoms with Crippen LogP contribution in [0.3, 0.4) is 0 Å². The summed E-state index contributed by atoms with van der Waals surface area (Å²) in [5, 5.41) is 0. The van der Waals surface area contributed by atoms with Crippen molar-refractivity contribution in [3.05, 3.63) is 11.6 Å². The minimum atomic E-state index is -3.12. The average molecular weight is 450 g/mol. The maximum Gasteiger partial charge on any atom is 0.208 e. The minimum absolute atomic E-state index is 0.0985. The van der Waals surface area contributed by atoms with Crippen LogP contribution in [0.2, 0.25) is 0 Å². The van der Waals surface area contributed by atoms with Gasteiger partial charge < -0.3 is 0 Å². The van der Waals surface area contributed by atoms with Gasteiger partial charge in [-0.25, -0.2) is 13.1 Å². The van der Waals surface area contributed by atoms with Crippen molar-refractivity contribution in [1.82, 2.24) is 4.72 Å². The molecule has 0 bridgehead atoms. The number of sulfonamides is 1. The Morgan fingerprint density at radius 1 is 1.06 bits per heavy atom. The molecule has 7 atom stereocenters. The summed E-state index contributed by atoms with van der Waals surface area (Å²) >= 11 is 0. The Morgan fingerprint density at radius 2 is 1.84 bits per heavy atom. The summed E-state index contributed by atoms with van der Waals surface area (Å²) in [5.41, 5.74) is 2.43. The molecule has 178 valence electrons. The summed E-state index contributed by atoms with van der Waals surface area (Å²) in [6, 6.07) is 0.0985. The summed E-state index contributed by atoms with van der Waals surface area (Å²) in [4.78, 5) is 0. The lowest BCUT2D eigenvalue weighted by atomic mass is 9.47. The number of unbranched alkanes of at least 4 members (excludes halogenated alkanes) is 1. The van der Waals surface area contributed by atoms with Gasteiger partial charge in [-0.2, -0.15) is 0 Å². The van der Waals surface area contributed by atoms with Crippen LogP contribution in [-0.4, -0.2) is 20.7 Å². The van der Waals surface area contributed by atoms with Gasteiger partial charge in [-0.05, 0) is 98.2 Å². The van der Waals surface area contributed by atoms with Gasteiger partial charge in [0, 0.05) is 6.04 Å². The van der Waals surface area contributed by atoms with Crippen molar-refractivity contribution in [3.63, 3.8) is 0 Å². The summed E-state index contributed by atoms with van der Waals surface area (Å²) in [6.07, 6.45) is 19.5. The molecule has 31 heavy (non-hydrogen) atoms. The molecule has 3 nitrogen and oxygen atoms in total. The Labute approximate surface area is 192 Å². The van der Waals surface area contributed by atoms with Gasteiger partial charge in [-0.1, -0.05) is 58.6 Å². The van der Waals surface area contributed by atoms with E-state index in [4.69, 9.17) is 0 Å². The molecule has 4 rings (SSSR count). The number of rotatable bonds is 7. The number of hydrogen-bond donors (Lipinski definition) is 1. The van der Waals surface area contributed by atoms with Crippen LogP contribution in [-0.2, 0) is 10.0 Å². The highest BCUT2D eigenvalue weighted by molar-refractivity contribution is 7.88. The van der Waals surface area contributed by atoms with Gasteiger partial charge in [0.2, 0.25) is 10.0 Å². The molecule has 4 heteroatoms. The molecule has 0 amide bonds. The SMILES string of the molecule is CC(C)CCCC[C@H]1CC[C@H]2[C@@H]3CC=C4C[C@@H](NS(C)(=O)=O)CC[C@]4(C)[C@H]3CC[C@]12C. The predicted octanol–water partition coefficient (Wildman–Crippen LogP) is 6.70. The fraction of sp³-hybridized carbons (Fsp3) is 0.926. The van der Waals surface area contributed by atoms with E-state index in [-0.39, 0.29) is 6.04 Å². The number of hydrogen-bond acceptors (Lipinski definition) is 2. The maximum atomic E-state index is 11.8. The minimum Gasteiger partial charge on any atom is -0.213 e. The molecule has 0 spiro atoms. The van der Waals surface area contributed by atoms with Crippen molar-refractivity contribution in [2.24, 2.45) is 40.4 Å². The number of nitrogens with one attached hydrogen (secondary N) is 1. The Balaban J connectivity index is 1.44. The van der Waals surface area contributed by atoms with E-state index >= 15 is 0 Å². The quantitative estimate of drug-likeness (QED) is 0.347. The maximum absolute atomic E-state index is 11.8. The third-order valence-corrected chi connectivity index (χ3v) is 11.0. The van der Waals surface area contributed by atoms with Crippen LogP contribution in [0.15, 0.2) is 11.6 Å². The lowest BCUT2D eigenvalue weighted by Crippen LogP contribution is -2.51. The van der Waals surface area contributed by atoms with Crippen molar-refractivity contribution in [2.75, 3.05) is 6.26 Å². The first-order chi connectivity index (χ1) is 14.5. The van der Waals surface area contributed by atoms with Gasteiger partial charge in [-0.3, -0.25) is 0 Å². The van der Waals surface area contributed by atoms with Gasteiger partial charge >= 0.3 is 0 Å². The lowest BCUT2D eigenvalue weighted by molar-refractivity contribution is -0.0437. The van der Waals surface area contributed by atoms with E-state index in [1.165, 1.54) is 64.0 Å². The van der Waals surface area contributed by atoms with Crippen molar-refractivity contribution in [1.29, 1.82) is 0 Å². The van der Waals surface area contributed by atoms with Crippen LogP contribution in [0.5, 0.6) is 0 Å². The van der Waals surface area contributed by atoms with Crippen LogP contribution in [0.1, 0.15) is 105 Å². The van der Waals surface area contributed by atoms with E-state index in [0.29, 0.717) is 10.8 Å². The van der Waals surface area contributed by atoms with E-state index < -0.39 is 10.0 Å². The van der Waals surface area contributed by atoms with Crippen LogP contribution in [0.4, 0.5) is 0 Å². The summed E-state index contributed by atoms with van der Waals surface area (Å²) in [6.45, 7) is 9.88. The second kappa shape index (κ2) is 8.78. The van der Waals surface area contributed by atoms with E-state index in [0.717, 1.165) is 48.9 Å². The second-order valence-electron chi connectivity index (χ2n) is 12.6.